The summed E-state index contributed by atoms with van der Waals surface area (Å²) in [5.41, 5.74) is 5.96. The number of piperazine rings is 1. The maximum absolute atomic E-state index is 10.3. The van der Waals surface area contributed by atoms with Gasteiger partial charge in [-0.15, -0.1) is 0 Å². The van der Waals surface area contributed by atoms with Crippen molar-refractivity contribution < 1.29 is 10.2 Å². The van der Waals surface area contributed by atoms with Gasteiger partial charge in [-0.3, -0.25) is 10.00 Å². The minimum absolute atomic E-state index is 0.0298. The first-order valence-electron chi connectivity index (χ1n) is 11.0. The van der Waals surface area contributed by atoms with E-state index in [9.17, 15) is 10.2 Å². The van der Waals surface area contributed by atoms with Crippen LogP contribution in [-0.2, 0) is 19.5 Å². The second-order valence-electron chi connectivity index (χ2n) is 8.77. The number of anilines is 1. The van der Waals surface area contributed by atoms with Gasteiger partial charge in [0.2, 0.25) is 0 Å². The van der Waals surface area contributed by atoms with Gasteiger partial charge in [-0.1, -0.05) is 23.7 Å². The molecule has 0 spiro atoms. The molecule has 0 saturated carbocycles. The predicted octanol–water partition coefficient (Wildman–Crippen LogP) is 3.45. The number of benzene rings is 2. The van der Waals surface area contributed by atoms with E-state index >= 15 is 0 Å². The van der Waals surface area contributed by atoms with Gasteiger partial charge in [-0.25, -0.2) is 0 Å². The highest BCUT2D eigenvalue weighted by molar-refractivity contribution is 6.32. The van der Waals surface area contributed by atoms with Crippen molar-refractivity contribution in [2.45, 2.75) is 19.5 Å². The maximum atomic E-state index is 10.3. The quantitative estimate of drug-likeness (QED) is 0.561. The summed E-state index contributed by atoms with van der Waals surface area (Å²) < 4.78 is 0. The molecule has 2 aromatic carbocycles. The van der Waals surface area contributed by atoms with Crippen LogP contribution < -0.4 is 4.90 Å². The van der Waals surface area contributed by atoms with Gasteiger partial charge >= 0.3 is 0 Å². The molecule has 0 unspecified atom stereocenters. The fraction of sp³-hybridized carbons (Fsp3) is 0.375. The molecular weight excluding hydrogens is 426 g/mol. The monoisotopic (exact) mass is 453 g/mol. The number of aromatic nitrogens is 2. The van der Waals surface area contributed by atoms with Gasteiger partial charge < -0.3 is 20.0 Å². The minimum Gasteiger partial charge on any atom is -0.507 e. The lowest BCUT2D eigenvalue weighted by molar-refractivity contribution is 0.245. The van der Waals surface area contributed by atoms with Crippen molar-refractivity contribution in [3.05, 3.63) is 58.2 Å². The number of fused-ring (bicyclic) bond motifs is 1. The third kappa shape index (κ3) is 4.16. The molecule has 0 atom stereocenters. The molecule has 0 bridgehead atoms. The van der Waals surface area contributed by atoms with Crippen LogP contribution >= 0.6 is 11.6 Å². The summed E-state index contributed by atoms with van der Waals surface area (Å²) in [6.07, 6.45) is 0.869. The fourth-order valence-corrected chi connectivity index (χ4v) is 4.75. The number of phenolic OH excluding ortho intramolecular Hbond substituents is 2. The summed E-state index contributed by atoms with van der Waals surface area (Å²) in [4.78, 5) is 7.21. The number of nitrogens with zero attached hydrogens (tertiary/aromatic N) is 4. The van der Waals surface area contributed by atoms with Crippen LogP contribution in [0.4, 0.5) is 5.69 Å². The number of aromatic hydroxyl groups is 2. The van der Waals surface area contributed by atoms with Crippen molar-refractivity contribution in [3.63, 3.8) is 0 Å². The number of phenols is 2. The van der Waals surface area contributed by atoms with E-state index in [2.05, 4.69) is 56.2 Å². The first-order valence-corrected chi connectivity index (χ1v) is 11.4. The molecule has 168 valence electrons. The summed E-state index contributed by atoms with van der Waals surface area (Å²) >= 11 is 6.08. The summed E-state index contributed by atoms with van der Waals surface area (Å²) in [5, 5.41) is 27.9. The number of aromatic amines is 1. The van der Waals surface area contributed by atoms with E-state index < -0.39 is 0 Å². The Morgan fingerprint density at radius 1 is 1.00 bits per heavy atom. The number of hydrogen-bond donors (Lipinski definition) is 3. The number of halogens is 1. The highest BCUT2D eigenvalue weighted by Crippen LogP contribution is 2.39. The van der Waals surface area contributed by atoms with Crippen LogP contribution in [0.2, 0.25) is 5.02 Å². The van der Waals surface area contributed by atoms with E-state index in [4.69, 9.17) is 11.6 Å². The largest absolute Gasteiger partial charge is 0.507 e. The van der Waals surface area contributed by atoms with Crippen LogP contribution in [0.3, 0.4) is 0 Å². The Morgan fingerprint density at radius 3 is 2.50 bits per heavy atom. The average Bonchev–Trinajstić information content (AvgIpc) is 3.20. The van der Waals surface area contributed by atoms with Crippen LogP contribution in [0.15, 0.2) is 36.4 Å². The van der Waals surface area contributed by atoms with Crippen LogP contribution in [0.5, 0.6) is 11.5 Å². The molecule has 32 heavy (non-hydrogen) atoms. The lowest BCUT2D eigenvalue weighted by atomic mass is 9.99. The number of hydrogen-bond acceptors (Lipinski definition) is 6. The number of nitrogens with one attached hydrogen (secondary N) is 1. The maximum Gasteiger partial charge on any atom is 0.137 e. The van der Waals surface area contributed by atoms with Gasteiger partial charge in [0.15, 0.2) is 0 Å². The molecule has 2 aliphatic heterocycles. The first-order chi connectivity index (χ1) is 15.5. The third-order valence-corrected chi connectivity index (χ3v) is 6.85. The Bertz CT molecular complexity index is 1110. The normalized spacial score (nSPS) is 17.5. The molecule has 1 saturated heterocycles. The van der Waals surface area contributed by atoms with E-state index in [1.807, 2.05) is 0 Å². The highest BCUT2D eigenvalue weighted by atomic mass is 35.5. The van der Waals surface area contributed by atoms with Gasteiger partial charge in [0, 0.05) is 80.8 Å². The summed E-state index contributed by atoms with van der Waals surface area (Å²) in [5.74, 6) is -0.170. The molecule has 0 amide bonds. The number of H-pyrrole nitrogens is 1. The zero-order chi connectivity index (χ0) is 22.2. The zero-order valence-corrected chi connectivity index (χ0v) is 18.9. The van der Waals surface area contributed by atoms with E-state index in [0.29, 0.717) is 11.3 Å². The average molecular weight is 454 g/mol. The Hall–Kier alpha value is -2.74. The molecule has 0 aliphatic carbocycles. The Morgan fingerprint density at radius 2 is 1.75 bits per heavy atom. The third-order valence-electron chi connectivity index (χ3n) is 6.54. The number of rotatable bonds is 4. The highest BCUT2D eigenvalue weighted by Gasteiger charge is 2.25. The van der Waals surface area contributed by atoms with Gasteiger partial charge in [0.1, 0.15) is 17.2 Å². The Kier molecular flexibility index (Phi) is 5.71. The van der Waals surface area contributed by atoms with Crippen molar-refractivity contribution in [2.24, 2.45) is 0 Å². The molecule has 3 N–H and O–H groups in total. The molecular formula is C24H28ClN5O2. The molecule has 5 rings (SSSR count). The van der Waals surface area contributed by atoms with Crippen molar-refractivity contribution in [2.75, 3.05) is 44.7 Å². The lowest BCUT2D eigenvalue weighted by Crippen LogP contribution is -2.44. The molecule has 1 fully saturated rings. The fourth-order valence-electron chi connectivity index (χ4n) is 4.58. The van der Waals surface area contributed by atoms with Gasteiger partial charge in [-0.2, -0.15) is 5.10 Å². The van der Waals surface area contributed by atoms with Crippen LogP contribution in [0.25, 0.3) is 11.3 Å². The second kappa shape index (κ2) is 8.65. The predicted molar refractivity (Wildman–Crippen MR) is 126 cm³/mol. The Labute approximate surface area is 192 Å². The summed E-state index contributed by atoms with van der Waals surface area (Å²) in [6, 6.07) is 11.8. The van der Waals surface area contributed by atoms with Crippen LogP contribution in [0.1, 0.15) is 16.8 Å². The minimum atomic E-state index is -0.140. The second-order valence-corrected chi connectivity index (χ2v) is 9.17. The summed E-state index contributed by atoms with van der Waals surface area (Å²) in [7, 11) is 2.17. The smallest absolute Gasteiger partial charge is 0.137 e. The van der Waals surface area contributed by atoms with E-state index in [0.717, 1.165) is 63.5 Å². The first kappa shape index (κ1) is 21.1. The van der Waals surface area contributed by atoms with E-state index in [1.54, 1.807) is 6.07 Å². The zero-order valence-electron chi connectivity index (χ0n) is 18.2. The van der Waals surface area contributed by atoms with Gasteiger partial charge in [0.25, 0.3) is 0 Å². The topological polar surface area (TPSA) is 78.9 Å². The van der Waals surface area contributed by atoms with Crippen molar-refractivity contribution in [1.29, 1.82) is 0 Å². The van der Waals surface area contributed by atoms with Crippen LogP contribution in [0, 0.1) is 0 Å². The van der Waals surface area contributed by atoms with Gasteiger partial charge in [-0.05, 0) is 30.8 Å². The molecule has 7 nitrogen and oxygen atoms in total. The standard InChI is InChI=1S/C24H28ClN5O2/c1-28-8-10-30(11-9-28)17-4-2-16(3-5-17)14-29-7-6-21-19(15-29)24(27-26-21)18-12-20(25)23(32)13-22(18)31/h2-5,12-13,31-32H,6-11,14-15H2,1H3,(H,26,27). The summed E-state index contributed by atoms with van der Waals surface area (Å²) in [6.45, 7) is 6.88. The van der Waals surface area contributed by atoms with Crippen molar-refractivity contribution in [3.8, 4) is 22.8 Å². The van der Waals surface area contributed by atoms with Crippen LogP contribution in [-0.4, -0.2) is 70.0 Å². The van der Waals surface area contributed by atoms with Crippen molar-refractivity contribution in [1.82, 2.24) is 20.0 Å². The van der Waals surface area contributed by atoms with E-state index in [-0.39, 0.29) is 16.5 Å². The number of likely N-dealkylation sites (N-methyl/N-ethyl adjacent to an activating group) is 1. The SMILES string of the molecule is CN1CCN(c2ccc(CN3CCc4[nH]nc(-c5cc(Cl)c(O)cc5O)c4C3)cc2)CC1. The van der Waals surface area contributed by atoms with E-state index in [1.165, 1.54) is 17.3 Å². The molecule has 1 aromatic heterocycles. The van der Waals surface area contributed by atoms with Crippen molar-refractivity contribution >= 4 is 17.3 Å². The Balaban J connectivity index is 1.30. The molecule has 2 aliphatic rings. The lowest BCUT2D eigenvalue weighted by Gasteiger charge is -2.34. The van der Waals surface area contributed by atoms with Gasteiger partial charge in [0.05, 0.1) is 5.02 Å². The molecule has 3 aromatic rings. The molecule has 0 radical (unpaired) electrons. The molecule has 8 heteroatoms. The molecule has 3 heterocycles.